The molecule has 0 unspecified atom stereocenters. The highest BCUT2D eigenvalue weighted by molar-refractivity contribution is 8.37. The molecule has 0 radical (unpaired) electrons. The van der Waals surface area contributed by atoms with Crippen molar-refractivity contribution in [3.63, 3.8) is 0 Å². The van der Waals surface area contributed by atoms with E-state index in [0.717, 1.165) is 11.8 Å². The van der Waals surface area contributed by atoms with E-state index < -0.39 is 4.65 Å². The minimum atomic E-state index is -0.589. The van der Waals surface area contributed by atoms with Crippen LogP contribution >= 0.6 is 36.2 Å². The third kappa shape index (κ3) is 4.32. The first-order valence-corrected chi connectivity index (χ1v) is 4.87. The Bertz CT molecular complexity index is 197. The summed E-state index contributed by atoms with van der Waals surface area (Å²) in [4.78, 5) is 1.75. The fraction of sp³-hybridized carbons (Fsp3) is 0.667. The predicted molar refractivity (Wildman–Crippen MR) is 61.9 cm³/mol. The number of thiocarbonyl (C=S) groups is 2. The predicted octanol–water partition coefficient (Wildman–Crippen LogP) is 1.43. The Hall–Kier alpha value is 0.250. The molecule has 0 aromatic heterocycles. The van der Waals surface area contributed by atoms with Gasteiger partial charge in [0.15, 0.2) is 0 Å². The van der Waals surface area contributed by atoms with E-state index in [4.69, 9.17) is 24.4 Å². The number of nitrogens with zero attached hydrogens (tertiary/aromatic N) is 2. The van der Waals surface area contributed by atoms with Crippen molar-refractivity contribution >= 4 is 44.8 Å². The van der Waals surface area contributed by atoms with Crippen LogP contribution in [0.4, 0.5) is 0 Å². The van der Waals surface area contributed by atoms with Gasteiger partial charge in [-0.1, -0.05) is 12.2 Å². The maximum absolute atomic E-state index is 11.3. The summed E-state index contributed by atoms with van der Waals surface area (Å²) in [7, 11) is 6.60. The van der Waals surface area contributed by atoms with Crippen LogP contribution in [-0.4, -0.2) is 46.4 Å². The van der Waals surface area contributed by atoms with Crippen molar-refractivity contribution < 1.29 is 4.65 Å². The zero-order valence-corrected chi connectivity index (χ0v) is 9.98. The summed E-state index contributed by atoms with van der Waals surface area (Å²) >= 11 is 11.0. The van der Waals surface area contributed by atoms with Crippen LogP contribution in [0.1, 0.15) is 0 Å². The molecule has 0 atom stereocenters. The molecule has 70 valence electrons. The summed E-state index contributed by atoms with van der Waals surface area (Å²) in [6.07, 6.45) is 0. The standard InChI is InChI=1S/C6H12N2OS3/c1-7(2)5(10)12-6(11)8(3,4)9/h1-4H3. The first-order chi connectivity index (χ1) is 5.25. The molecular formula is C6H12N2OS3. The van der Waals surface area contributed by atoms with E-state index in [1.807, 2.05) is 14.1 Å². The molecular weight excluding hydrogens is 212 g/mol. The average molecular weight is 224 g/mol. The molecule has 0 N–H and O–H groups in total. The second-order valence-corrected chi connectivity index (χ2v) is 5.15. The Balaban J connectivity index is 4.12. The zero-order valence-electron chi connectivity index (χ0n) is 7.53. The molecule has 0 bridgehead atoms. The quantitative estimate of drug-likeness (QED) is 0.352. The highest BCUT2D eigenvalue weighted by atomic mass is 32.2. The molecule has 0 aliphatic rings. The van der Waals surface area contributed by atoms with E-state index in [1.165, 1.54) is 14.1 Å². The lowest BCUT2D eigenvalue weighted by atomic mass is 10.9. The van der Waals surface area contributed by atoms with E-state index in [9.17, 15) is 5.21 Å². The van der Waals surface area contributed by atoms with Gasteiger partial charge in [0.25, 0.3) is 0 Å². The minimum Gasteiger partial charge on any atom is -0.627 e. The van der Waals surface area contributed by atoms with Gasteiger partial charge < -0.3 is 14.8 Å². The van der Waals surface area contributed by atoms with Gasteiger partial charge >= 0.3 is 0 Å². The molecule has 0 spiro atoms. The zero-order chi connectivity index (χ0) is 9.94. The molecule has 6 heteroatoms. The second kappa shape index (κ2) is 4.48. The molecule has 0 aliphatic heterocycles. The number of hydrogen-bond donors (Lipinski definition) is 0. The van der Waals surface area contributed by atoms with Crippen molar-refractivity contribution in [1.82, 2.24) is 4.90 Å². The first-order valence-electron chi connectivity index (χ1n) is 3.24. The van der Waals surface area contributed by atoms with Gasteiger partial charge in [0.2, 0.25) is 4.32 Å². The van der Waals surface area contributed by atoms with Gasteiger partial charge in [-0.25, -0.2) is 0 Å². The van der Waals surface area contributed by atoms with Gasteiger partial charge in [-0.3, -0.25) is 0 Å². The van der Waals surface area contributed by atoms with Crippen molar-refractivity contribution in [2.45, 2.75) is 0 Å². The van der Waals surface area contributed by atoms with E-state index in [-0.39, 0.29) is 0 Å². The molecule has 3 nitrogen and oxygen atoms in total. The number of quaternary nitrogens is 1. The highest BCUT2D eigenvalue weighted by Crippen LogP contribution is 2.15. The van der Waals surface area contributed by atoms with Crippen LogP contribution in [0.5, 0.6) is 0 Å². The summed E-state index contributed by atoms with van der Waals surface area (Å²) in [6, 6.07) is 0. The summed E-state index contributed by atoms with van der Waals surface area (Å²) in [5, 5.41) is 11.3. The number of hydroxylamine groups is 3. The molecule has 0 aliphatic carbocycles. The lowest BCUT2D eigenvalue weighted by molar-refractivity contribution is -0.736. The molecule has 0 amide bonds. The van der Waals surface area contributed by atoms with E-state index >= 15 is 0 Å². The van der Waals surface area contributed by atoms with Gasteiger partial charge in [-0.15, -0.1) is 0 Å². The largest absolute Gasteiger partial charge is 0.627 e. The maximum Gasteiger partial charge on any atom is 0.240 e. The average Bonchev–Trinajstić information content (AvgIpc) is 1.85. The van der Waals surface area contributed by atoms with Gasteiger partial charge in [0, 0.05) is 25.9 Å². The van der Waals surface area contributed by atoms with E-state index in [1.54, 1.807) is 4.90 Å². The van der Waals surface area contributed by atoms with Crippen LogP contribution in [-0.2, 0) is 0 Å². The molecule has 0 saturated carbocycles. The van der Waals surface area contributed by atoms with Gasteiger partial charge in [0.05, 0.1) is 14.1 Å². The van der Waals surface area contributed by atoms with Crippen LogP contribution in [0.3, 0.4) is 0 Å². The van der Waals surface area contributed by atoms with Crippen molar-refractivity contribution in [2.75, 3.05) is 28.2 Å². The number of thioether (sulfide) groups is 1. The molecule has 0 aromatic rings. The molecule has 0 rings (SSSR count). The van der Waals surface area contributed by atoms with Gasteiger partial charge in [-0.05, 0) is 12.2 Å². The Morgan fingerprint density at radius 2 is 1.75 bits per heavy atom. The Kier molecular flexibility index (Phi) is 4.57. The van der Waals surface area contributed by atoms with Crippen molar-refractivity contribution in [2.24, 2.45) is 0 Å². The van der Waals surface area contributed by atoms with Crippen molar-refractivity contribution in [3.8, 4) is 0 Å². The Morgan fingerprint density at radius 1 is 1.33 bits per heavy atom. The van der Waals surface area contributed by atoms with Crippen molar-refractivity contribution in [3.05, 3.63) is 5.21 Å². The number of hydrogen-bond acceptors (Lipinski definition) is 4. The summed E-state index contributed by atoms with van der Waals surface area (Å²) < 4.78 is 0.351. The Labute approximate surface area is 87.9 Å². The first kappa shape index (κ1) is 12.2. The Morgan fingerprint density at radius 3 is 2.00 bits per heavy atom. The van der Waals surface area contributed by atoms with E-state index in [2.05, 4.69) is 0 Å². The molecule has 0 heterocycles. The summed E-state index contributed by atoms with van der Waals surface area (Å²) in [5.74, 6) is 0. The smallest absolute Gasteiger partial charge is 0.240 e. The molecule has 12 heavy (non-hydrogen) atoms. The van der Waals surface area contributed by atoms with Crippen LogP contribution in [0.25, 0.3) is 0 Å². The third-order valence-electron chi connectivity index (χ3n) is 0.979. The molecule has 0 saturated heterocycles. The fourth-order valence-electron chi connectivity index (χ4n) is 0.276. The van der Waals surface area contributed by atoms with Crippen LogP contribution < -0.4 is 0 Å². The lowest BCUT2D eigenvalue weighted by Gasteiger charge is -2.32. The van der Waals surface area contributed by atoms with Gasteiger partial charge in [-0.2, -0.15) is 0 Å². The summed E-state index contributed by atoms with van der Waals surface area (Å²) in [6.45, 7) is 0. The van der Waals surface area contributed by atoms with Crippen LogP contribution in [0.15, 0.2) is 0 Å². The molecule has 0 fully saturated rings. The monoisotopic (exact) mass is 224 g/mol. The van der Waals surface area contributed by atoms with E-state index in [0.29, 0.717) is 8.64 Å². The number of rotatable bonds is 0. The van der Waals surface area contributed by atoms with Crippen molar-refractivity contribution in [1.29, 1.82) is 0 Å². The maximum atomic E-state index is 11.3. The molecule has 0 aromatic carbocycles. The highest BCUT2D eigenvalue weighted by Gasteiger charge is 2.15. The van der Waals surface area contributed by atoms with Crippen LogP contribution in [0.2, 0.25) is 0 Å². The lowest BCUT2D eigenvalue weighted by Crippen LogP contribution is -2.37. The third-order valence-corrected chi connectivity index (χ3v) is 3.44. The summed E-state index contributed by atoms with van der Waals surface area (Å²) in [5.41, 5.74) is 0. The van der Waals surface area contributed by atoms with Crippen LogP contribution in [0, 0.1) is 5.21 Å². The topological polar surface area (TPSA) is 26.3 Å². The normalized spacial score (nSPS) is 11.1. The second-order valence-electron chi connectivity index (χ2n) is 2.88. The SMILES string of the molecule is CN(C)C(=S)SC(=S)[N+](C)(C)[O-]. The fourth-order valence-corrected chi connectivity index (χ4v) is 1.46. The minimum absolute atomic E-state index is 0.328. The van der Waals surface area contributed by atoms with Gasteiger partial charge in [0.1, 0.15) is 4.32 Å².